The van der Waals surface area contributed by atoms with Crippen molar-refractivity contribution in [1.29, 1.82) is 0 Å². The second kappa shape index (κ2) is 6.62. The number of aryl methyl sites for hydroxylation is 1. The van der Waals surface area contributed by atoms with Crippen molar-refractivity contribution in [3.05, 3.63) is 68.9 Å². The van der Waals surface area contributed by atoms with Crippen LogP contribution in [0.15, 0.2) is 34.8 Å². The van der Waals surface area contributed by atoms with Crippen LogP contribution in [0.5, 0.6) is 0 Å². The van der Waals surface area contributed by atoms with Gasteiger partial charge in [0.2, 0.25) is 0 Å². The molecule has 0 aromatic heterocycles. The smallest absolute Gasteiger partial charge is 0.130 e. The first-order chi connectivity index (χ1) is 9.90. The number of halogens is 4. The highest BCUT2D eigenvalue weighted by Crippen LogP contribution is 2.25. The van der Waals surface area contributed by atoms with Gasteiger partial charge >= 0.3 is 0 Å². The molecule has 112 valence electrons. The van der Waals surface area contributed by atoms with Crippen molar-refractivity contribution < 1.29 is 13.2 Å². The summed E-state index contributed by atoms with van der Waals surface area (Å²) in [5, 5.41) is 2.99. The Morgan fingerprint density at radius 2 is 1.76 bits per heavy atom. The predicted octanol–water partition coefficient (Wildman–Crippen LogP) is 4.68. The predicted molar refractivity (Wildman–Crippen MR) is 80.7 cm³/mol. The minimum absolute atomic E-state index is 0.356. The molecule has 0 bridgehead atoms. The SMILES string of the molecule is CNC(Cc1cc(F)cc(Br)c1)c1cc(C)c(F)cc1F. The summed E-state index contributed by atoms with van der Waals surface area (Å²) in [7, 11) is 1.69. The quantitative estimate of drug-likeness (QED) is 0.837. The molecule has 1 unspecified atom stereocenters. The third kappa shape index (κ3) is 3.86. The van der Waals surface area contributed by atoms with Crippen molar-refractivity contribution in [2.45, 2.75) is 19.4 Å². The lowest BCUT2D eigenvalue weighted by molar-refractivity contribution is 0.518. The average Bonchev–Trinajstić information content (AvgIpc) is 2.39. The van der Waals surface area contributed by atoms with Crippen LogP contribution in [-0.4, -0.2) is 7.05 Å². The summed E-state index contributed by atoms with van der Waals surface area (Å²) in [6.07, 6.45) is 0.398. The summed E-state index contributed by atoms with van der Waals surface area (Å²) in [4.78, 5) is 0. The van der Waals surface area contributed by atoms with Gasteiger partial charge in [-0.1, -0.05) is 15.9 Å². The minimum atomic E-state index is -0.604. The fourth-order valence-corrected chi connectivity index (χ4v) is 2.79. The molecule has 5 heteroatoms. The van der Waals surface area contributed by atoms with E-state index in [0.717, 1.165) is 11.6 Å². The van der Waals surface area contributed by atoms with Gasteiger partial charge in [-0.3, -0.25) is 0 Å². The van der Waals surface area contributed by atoms with E-state index < -0.39 is 11.6 Å². The summed E-state index contributed by atoms with van der Waals surface area (Å²) >= 11 is 3.23. The Morgan fingerprint density at radius 3 is 2.38 bits per heavy atom. The molecule has 0 saturated heterocycles. The summed E-state index contributed by atoms with van der Waals surface area (Å²) in [6.45, 7) is 1.59. The molecular weight excluding hydrogens is 343 g/mol. The van der Waals surface area contributed by atoms with Crippen LogP contribution in [0, 0.1) is 24.4 Å². The highest BCUT2D eigenvalue weighted by Gasteiger charge is 2.17. The zero-order valence-electron chi connectivity index (χ0n) is 11.7. The van der Waals surface area contributed by atoms with Gasteiger partial charge in [0.05, 0.1) is 0 Å². The van der Waals surface area contributed by atoms with Crippen molar-refractivity contribution in [1.82, 2.24) is 5.32 Å². The molecule has 21 heavy (non-hydrogen) atoms. The van der Waals surface area contributed by atoms with Gasteiger partial charge in [-0.25, -0.2) is 13.2 Å². The van der Waals surface area contributed by atoms with Crippen molar-refractivity contribution in [2.75, 3.05) is 7.05 Å². The normalized spacial score (nSPS) is 12.5. The monoisotopic (exact) mass is 357 g/mol. The Morgan fingerprint density at radius 1 is 1.05 bits per heavy atom. The molecule has 0 aliphatic heterocycles. The first-order valence-electron chi connectivity index (χ1n) is 6.48. The van der Waals surface area contributed by atoms with Gasteiger partial charge in [0.1, 0.15) is 17.5 Å². The number of likely N-dealkylation sites (N-methyl/N-ethyl adjacent to an activating group) is 1. The van der Waals surface area contributed by atoms with Gasteiger partial charge in [-0.15, -0.1) is 0 Å². The number of hydrogen-bond donors (Lipinski definition) is 1. The van der Waals surface area contributed by atoms with E-state index in [0.29, 0.717) is 22.0 Å². The van der Waals surface area contributed by atoms with E-state index in [1.807, 2.05) is 0 Å². The molecule has 0 fully saturated rings. The largest absolute Gasteiger partial charge is 0.313 e. The zero-order chi connectivity index (χ0) is 15.6. The van der Waals surface area contributed by atoms with Crippen molar-refractivity contribution in [3.8, 4) is 0 Å². The van der Waals surface area contributed by atoms with E-state index in [2.05, 4.69) is 21.2 Å². The molecule has 0 amide bonds. The topological polar surface area (TPSA) is 12.0 Å². The second-order valence-corrected chi connectivity index (χ2v) is 5.86. The average molecular weight is 358 g/mol. The van der Waals surface area contributed by atoms with Gasteiger partial charge < -0.3 is 5.32 Å². The zero-order valence-corrected chi connectivity index (χ0v) is 13.3. The van der Waals surface area contributed by atoms with Gasteiger partial charge in [0.25, 0.3) is 0 Å². The molecule has 1 nitrogen and oxygen atoms in total. The molecule has 2 aromatic rings. The number of nitrogens with one attached hydrogen (secondary N) is 1. The van der Waals surface area contributed by atoms with E-state index in [-0.39, 0.29) is 11.9 Å². The Labute approximate surface area is 130 Å². The number of hydrogen-bond acceptors (Lipinski definition) is 1. The molecule has 2 aromatic carbocycles. The van der Waals surface area contributed by atoms with Gasteiger partial charge in [-0.05, 0) is 55.8 Å². The molecule has 1 atom stereocenters. The van der Waals surface area contributed by atoms with Crippen LogP contribution in [-0.2, 0) is 6.42 Å². The van der Waals surface area contributed by atoms with Crippen LogP contribution in [0.3, 0.4) is 0 Å². The van der Waals surface area contributed by atoms with Crippen LogP contribution >= 0.6 is 15.9 Å². The third-order valence-electron chi connectivity index (χ3n) is 3.36. The van der Waals surface area contributed by atoms with Gasteiger partial charge in [0.15, 0.2) is 0 Å². The van der Waals surface area contributed by atoms with Crippen LogP contribution in [0.4, 0.5) is 13.2 Å². The van der Waals surface area contributed by atoms with E-state index >= 15 is 0 Å². The van der Waals surface area contributed by atoms with E-state index in [9.17, 15) is 13.2 Å². The van der Waals surface area contributed by atoms with Gasteiger partial charge in [0, 0.05) is 22.1 Å². The summed E-state index contributed by atoms with van der Waals surface area (Å²) in [5.41, 5.74) is 1.48. The van der Waals surface area contributed by atoms with Crippen LogP contribution in [0.2, 0.25) is 0 Å². The molecule has 1 N–H and O–H groups in total. The highest BCUT2D eigenvalue weighted by atomic mass is 79.9. The first-order valence-corrected chi connectivity index (χ1v) is 7.27. The van der Waals surface area contributed by atoms with Crippen LogP contribution in [0.25, 0.3) is 0 Å². The molecule has 0 saturated carbocycles. The van der Waals surface area contributed by atoms with Crippen molar-refractivity contribution in [2.24, 2.45) is 0 Å². The minimum Gasteiger partial charge on any atom is -0.313 e. The molecule has 0 spiro atoms. The van der Waals surface area contributed by atoms with Crippen molar-refractivity contribution in [3.63, 3.8) is 0 Å². The molecule has 0 radical (unpaired) electrons. The Bertz CT molecular complexity index is 638. The summed E-state index contributed by atoms with van der Waals surface area (Å²) in [6, 6.07) is 6.56. The third-order valence-corrected chi connectivity index (χ3v) is 3.82. The summed E-state index contributed by atoms with van der Waals surface area (Å²) in [5.74, 6) is -1.53. The molecule has 0 aliphatic rings. The first kappa shape index (κ1) is 16.0. The maximum Gasteiger partial charge on any atom is 0.130 e. The summed E-state index contributed by atoms with van der Waals surface area (Å²) < 4.78 is 41.3. The number of benzene rings is 2. The maximum absolute atomic E-state index is 14.0. The Balaban J connectivity index is 2.34. The fourth-order valence-electron chi connectivity index (χ4n) is 2.28. The van der Waals surface area contributed by atoms with Crippen molar-refractivity contribution >= 4 is 15.9 Å². The number of rotatable bonds is 4. The fraction of sp³-hybridized carbons (Fsp3) is 0.250. The Kier molecular flexibility index (Phi) is 5.06. The molecular formula is C16H15BrF3N. The van der Waals surface area contributed by atoms with E-state index in [1.54, 1.807) is 20.0 Å². The highest BCUT2D eigenvalue weighted by molar-refractivity contribution is 9.10. The van der Waals surface area contributed by atoms with Crippen LogP contribution in [0.1, 0.15) is 22.7 Å². The van der Waals surface area contributed by atoms with E-state index in [1.165, 1.54) is 18.2 Å². The lowest BCUT2D eigenvalue weighted by Gasteiger charge is -2.18. The lowest BCUT2D eigenvalue weighted by Crippen LogP contribution is -2.20. The van der Waals surface area contributed by atoms with Gasteiger partial charge in [-0.2, -0.15) is 0 Å². The molecule has 2 rings (SSSR count). The Hall–Kier alpha value is -1.33. The maximum atomic E-state index is 14.0. The van der Waals surface area contributed by atoms with Crippen LogP contribution < -0.4 is 5.32 Å². The molecule has 0 aliphatic carbocycles. The lowest BCUT2D eigenvalue weighted by atomic mass is 9.97. The second-order valence-electron chi connectivity index (χ2n) is 4.95. The van der Waals surface area contributed by atoms with E-state index in [4.69, 9.17) is 0 Å². The standard InChI is InChI=1S/C16H15BrF3N/c1-9-3-13(15(20)8-14(9)19)16(21-2)6-10-4-11(17)7-12(18)5-10/h3-5,7-8,16,21H,6H2,1-2H3. The molecule has 0 heterocycles.